The lowest BCUT2D eigenvalue weighted by Crippen LogP contribution is -2.24. The highest BCUT2D eigenvalue weighted by Gasteiger charge is 2.28. The van der Waals surface area contributed by atoms with Gasteiger partial charge in [0.25, 0.3) is 0 Å². The molecule has 20 heavy (non-hydrogen) atoms. The first-order chi connectivity index (χ1) is 9.61. The van der Waals surface area contributed by atoms with Gasteiger partial charge in [-0.3, -0.25) is 0 Å². The molecule has 1 aromatic heterocycles. The largest absolute Gasteiger partial charge is 0.369 e. The van der Waals surface area contributed by atoms with E-state index in [1.807, 2.05) is 0 Å². The summed E-state index contributed by atoms with van der Waals surface area (Å²) in [4.78, 5) is 4.30. The molecule has 0 radical (unpaired) electrons. The average Bonchev–Trinajstić information content (AvgIpc) is 2.74. The Morgan fingerprint density at radius 1 is 1.40 bits per heavy atom. The van der Waals surface area contributed by atoms with Crippen LogP contribution in [-0.4, -0.2) is 9.55 Å². The Morgan fingerprint density at radius 3 is 2.90 bits per heavy atom. The van der Waals surface area contributed by atoms with Crippen molar-refractivity contribution in [1.29, 1.82) is 0 Å². The second-order valence-electron chi connectivity index (χ2n) is 5.62. The number of benzene rings is 1. The minimum absolute atomic E-state index is 0.127. The van der Waals surface area contributed by atoms with Crippen molar-refractivity contribution >= 4 is 28.6 Å². The topological polar surface area (TPSA) is 43.8 Å². The van der Waals surface area contributed by atoms with Gasteiger partial charge in [-0.25, -0.2) is 9.37 Å². The predicted molar refractivity (Wildman–Crippen MR) is 80.4 cm³/mol. The van der Waals surface area contributed by atoms with Crippen LogP contribution in [-0.2, 0) is 0 Å². The van der Waals surface area contributed by atoms with Gasteiger partial charge >= 0.3 is 0 Å². The van der Waals surface area contributed by atoms with Crippen LogP contribution in [0.15, 0.2) is 12.1 Å². The van der Waals surface area contributed by atoms with Crippen LogP contribution in [0, 0.1) is 11.7 Å². The first-order valence-corrected chi connectivity index (χ1v) is 7.62. The van der Waals surface area contributed by atoms with Gasteiger partial charge in [0, 0.05) is 12.1 Å². The molecule has 0 saturated heterocycles. The summed E-state index contributed by atoms with van der Waals surface area (Å²) in [5, 5.41) is 0.127. The van der Waals surface area contributed by atoms with Gasteiger partial charge < -0.3 is 10.3 Å². The molecule has 2 N–H and O–H groups in total. The molecule has 1 aliphatic carbocycles. The summed E-state index contributed by atoms with van der Waals surface area (Å²) in [5.41, 5.74) is 7.52. The lowest BCUT2D eigenvalue weighted by molar-refractivity contribution is 0.239. The molecule has 3 nitrogen and oxygen atoms in total. The number of hydrogen-bond donors (Lipinski definition) is 1. The Balaban J connectivity index is 2.14. The Morgan fingerprint density at radius 2 is 2.15 bits per heavy atom. The molecule has 2 unspecified atom stereocenters. The van der Waals surface area contributed by atoms with Crippen molar-refractivity contribution in [3.8, 4) is 0 Å². The third-order valence-electron chi connectivity index (χ3n) is 4.48. The zero-order chi connectivity index (χ0) is 14.3. The van der Waals surface area contributed by atoms with E-state index in [-0.39, 0.29) is 5.02 Å². The SMILES string of the molecule is CCC1CCCCC1n1c(N)nc2cc(F)c(Cl)cc21. The van der Waals surface area contributed by atoms with Gasteiger partial charge in [0.15, 0.2) is 0 Å². The van der Waals surface area contributed by atoms with Crippen molar-refractivity contribution in [1.82, 2.24) is 9.55 Å². The molecule has 0 spiro atoms. The van der Waals surface area contributed by atoms with Crippen LogP contribution in [0.3, 0.4) is 0 Å². The molecule has 2 atom stereocenters. The van der Waals surface area contributed by atoms with Gasteiger partial charge in [-0.2, -0.15) is 0 Å². The predicted octanol–water partition coefficient (Wildman–Crippen LogP) is 4.55. The summed E-state index contributed by atoms with van der Waals surface area (Å²) < 4.78 is 15.6. The monoisotopic (exact) mass is 295 g/mol. The highest BCUT2D eigenvalue weighted by atomic mass is 35.5. The molecule has 2 aromatic rings. The number of rotatable bonds is 2. The van der Waals surface area contributed by atoms with Gasteiger partial charge in [-0.15, -0.1) is 0 Å². The number of halogens is 2. The van der Waals surface area contributed by atoms with Gasteiger partial charge in [0.1, 0.15) is 5.82 Å². The molecule has 0 aliphatic heterocycles. The lowest BCUT2D eigenvalue weighted by Gasteiger charge is -2.32. The van der Waals surface area contributed by atoms with Crippen LogP contribution in [0.5, 0.6) is 0 Å². The maximum absolute atomic E-state index is 13.6. The van der Waals surface area contributed by atoms with Crippen LogP contribution in [0.4, 0.5) is 10.3 Å². The fourth-order valence-electron chi connectivity index (χ4n) is 3.46. The molecular weight excluding hydrogens is 277 g/mol. The highest BCUT2D eigenvalue weighted by molar-refractivity contribution is 6.31. The van der Waals surface area contributed by atoms with Crippen molar-refractivity contribution in [3.63, 3.8) is 0 Å². The number of hydrogen-bond acceptors (Lipinski definition) is 2. The molecule has 108 valence electrons. The number of nitrogen functional groups attached to an aromatic ring is 1. The van der Waals surface area contributed by atoms with Crippen molar-refractivity contribution in [2.45, 2.75) is 45.1 Å². The summed E-state index contributed by atoms with van der Waals surface area (Å²) in [5.74, 6) is 0.624. The molecule has 5 heteroatoms. The Hall–Kier alpha value is -1.29. The van der Waals surface area contributed by atoms with Crippen LogP contribution < -0.4 is 5.73 Å². The van der Waals surface area contributed by atoms with Crippen molar-refractivity contribution in [2.24, 2.45) is 5.92 Å². The normalized spacial score (nSPS) is 23.4. The van der Waals surface area contributed by atoms with Crippen LogP contribution in [0.25, 0.3) is 11.0 Å². The van der Waals surface area contributed by atoms with E-state index in [0.717, 1.165) is 18.4 Å². The van der Waals surface area contributed by atoms with Crippen molar-refractivity contribution < 1.29 is 4.39 Å². The number of nitrogens with two attached hydrogens (primary N) is 1. The number of anilines is 1. The number of imidazole rings is 1. The molecule has 3 rings (SSSR count). The van der Waals surface area contributed by atoms with E-state index in [4.69, 9.17) is 17.3 Å². The van der Waals surface area contributed by atoms with Crippen LogP contribution in [0.1, 0.15) is 45.1 Å². The smallest absolute Gasteiger partial charge is 0.201 e. The Labute approximate surface area is 122 Å². The quantitative estimate of drug-likeness (QED) is 0.883. The Bertz CT molecular complexity index is 638. The first-order valence-electron chi connectivity index (χ1n) is 7.24. The average molecular weight is 296 g/mol. The van der Waals surface area contributed by atoms with Gasteiger partial charge in [0.2, 0.25) is 5.95 Å². The van der Waals surface area contributed by atoms with Crippen LogP contribution >= 0.6 is 11.6 Å². The molecule has 0 amide bonds. The Kier molecular flexibility index (Phi) is 3.59. The zero-order valence-electron chi connectivity index (χ0n) is 11.6. The summed E-state index contributed by atoms with van der Waals surface area (Å²) >= 11 is 5.92. The maximum atomic E-state index is 13.6. The molecular formula is C15H19ClFN3. The summed E-state index contributed by atoms with van der Waals surface area (Å²) in [6.45, 7) is 2.21. The zero-order valence-corrected chi connectivity index (χ0v) is 12.3. The lowest BCUT2D eigenvalue weighted by atomic mass is 9.82. The standard InChI is InChI=1S/C15H19ClFN3/c1-2-9-5-3-4-6-13(9)20-14-7-10(16)11(17)8-12(14)19-15(20)18/h7-9,13H,2-6H2,1H3,(H2,18,19). The maximum Gasteiger partial charge on any atom is 0.201 e. The van der Waals surface area contributed by atoms with E-state index in [9.17, 15) is 4.39 Å². The summed E-state index contributed by atoms with van der Waals surface area (Å²) in [6, 6.07) is 3.37. The number of aromatic nitrogens is 2. The van der Waals surface area contributed by atoms with E-state index < -0.39 is 5.82 Å². The second kappa shape index (κ2) is 5.24. The van der Waals surface area contributed by atoms with E-state index in [0.29, 0.717) is 23.4 Å². The minimum Gasteiger partial charge on any atom is -0.369 e. The number of fused-ring (bicyclic) bond motifs is 1. The third-order valence-corrected chi connectivity index (χ3v) is 4.77. The molecule has 1 aliphatic rings. The minimum atomic E-state index is -0.445. The van der Waals surface area contributed by atoms with Crippen molar-refractivity contribution in [2.75, 3.05) is 5.73 Å². The van der Waals surface area contributed by atoms with Gasteiger partial charge in [0.05, 0.1) is 16.1 Å². The van der Waals surface area contributed by atoms with Gasteiger partial charge in [-0.1, -0.05) is 37.8 Å². The fourth-order valence-corrected chi connectivity index (χ4v) is 3.62. The summed E-state index contributed by atoms with van der Waals surface area (Å²) in [7, 11) is 0. The molecule has 1 saturated carbocycles. The van der Waals surface area contributed by atoms with Gasteiger partial charge in [-0.05, 0) is 24.8 Å². The van der Waals surface area contributed by atoms with Crippen LogP contribution in [0.2, 0.25) is 5.02 Å². The third kappa shape index (κ3) is 2.16. The van der Waals surface area contributed by atoms with E-state index in [2.05, 4.69) is 16.5 Å². The summed E-state index contributed by atoms with van der Waals surface area (Å²) in [6.07, 6.45) is 5.92. The first kappa shape index (κ1) is 13.7. The molecule has 1 heterocycles. The molecule has 1 aromatic carbocycles. The second-order valence-corrected chi connectivity index (χ2v) is 6.02. The van der Waals surface area contributed by atoms with E-state index in [1.165, 1.54) is 25.3 Å². The molecule has 1 fully saturated rings. The fraction of sp³-hybridized carbons (Fsp3) is 0.533. The van der Waals surface area contributed by atoms with E-state index >= 15 is 0 Å². The van der Waals surface area contributed by atoms with Crippen molar-refractivity contribution in [3.05, 3.63) is 23.0 Å². The number of nitrogens with zero attached hydrogens (tertiary/aromatic N) is 2. The molecule has 0 bridgehead atoms. The van der Waals surface area contributed by atoms with E-state index in [1.54, 1.807) is 6.07 Å². The highest BCUT2D eigenvalue weighted by Crippen LogP contribution is 2.39.